The van der Waals surface area contributed by atoms with Crippen LogP contribution >= 0.6 is 27.5 Å². The van der Waals surface area contributed by atoms with Crippen LogP contribution in [0.1, 0.15) is 36.1 Å². The Labute approximate surface area is 139 Å². The molecular weight excluding hydrogens is 350 g/mol. The molecule has 2 aromatic carbocycles. The number of hydrogen-bond acceptors (Lipinski definition) is 2. The summed E-state index contributed by atoms with van der Waals surface area (Å²) in [6.07, 6.45) is 0.982. The molecule has 0 bridgehead atoms. The molecule has 0 radical (unpaired) electrons. The molecule has 0 aromatic heterocycles. The minimum absolute atomic E-state index is 0.208. The van der Waals surface area contributed by atoms with Crippen LogP contribution in [0.5, 0.6) is 5.75 Å². The van der Waals surface area contributed by atoms with Crippen molar-refractivity contribution in [2.75, 3.05) is 6.61 Å². The number of halogens is 2. The Morgan fingerprint density at radius 1 is 1.24 bits per heavy atom. The van der Waals surface area contributed by atoms with Crippen molar-refractivity contribution in [3.63, 3.8) is 0 Å². The zero-order chi connectivity index (χ0) is 15.4. The van der Waals surface area contributed by atoms with E-state index in [-0.39, 0.29) is 6.04 Å². The molecule has 0 aliphatic heterocycles. The van der Waals surface area contributed by atoms with Gasteiger partial charge in [-0.2, -0.15) is 0 Å². The molecule has 2 nitrogen and oxygen atoms in total. The van der Waals surface area contributed by atoms with Crippen LogP contribution < -0.4 is 10.5 Å². The molecule has 0 aliphatic rings. The van der Waals surface area contributed by atoms with E-state index in [1.54, 1.807) is 0 Å². The first-order valence-electron chi connectivity index (χ1n) is 6.96. The molecule has 112 valence electrons. The highest BCUT2D eigenvalue weighted by atomic mass is 79.9. The molecule has 21 heavy (non-hydrogen) atoms. The Morgan fingerprint density at radius 2 is 2.00 bits per heavy atom. The molecule has 4 heteroatoms. The van der Waals surface area contributed by atoms with Crippen LogP contribution in [-0.2, 0) is 0 Å². The number of hydrogen-bond donors (Lipinski definition) is 1. The summed E-state index contributed by atoms with van der Waals surface area (Å²) in [4.78, 5) is 0. The van der Waals surface area contributed by atoms with E-state index in [0.29, 0.717) is 11.6 Å². The van der Waals surface area contributed by atoms with Gasteiger partial charge >= 0.3 is 0 Å². The fourth-order valence-corrected chi connectivity index (χ4v) is 2.86. The van der Waals surface area contributed by atoms with Crippen LogP contribution in [0.4, 0.5) is 0 Å². The van der Waals surface area contributed by atoms with Gasteiger partial charge in [0.2, 0.25) is 0 Å². The maximum atomic E-state index is 6.38. The number of aryl methyl sites for hydroxylation is 1. The fraction of sp³-hybridized carbons (Fsp3) is 0.294. The molecule has 1 unspecified atom stereocenters. The Balaban J connectivity index is 2.29. The van der Waals surface area contributed by atoms with Crippen LogP contribution in [0.2, 0.25) is 5.02 Å². The van der Waals surface area contributed by atoms with Crippen molar-refractivity contribution in [3.8, 4) is 5.75 Å². The van der Waals surface area contributed by atoms with Gasteiger partial charge in [-0.1, -0.05) is 30.7 Å². The van der Waals surface area contributed by atoms with Crippen LogP contribution in [-0.4, -0.2) is 6.61 Å². The highest BCUT2D eigenvalue weighted by Gasteiger charge is 2.14. The smallest absolute Gasteiger partial charge is 0.133 e. The fourth-order valence-electron chi connectivity index (χ4n) is 2.17. The number of benzene rings is 2. The van der Waals surface area contributed by atoms with Gasteiger partial charge in [0.05, 0.1) is 17.1 Å². The van der Waals surface area contributed by atoms with E-state index in [2.05, 4.69) is 22.9 Å². The lowest BCUT2D eigenvalue weighted by atomic mass is 9.96. The molecule has 1 atom stereocenters. The van der Waals surface area contributed by atoms with Crippen molar-refractivity contribution in [3.05, 3.63) is 62.6 Å². The standard InChI is InChI=1S/C17H19BrClNO/c1-3-8-21-16-7-5-12(9-15(16)18)17(20)14-10-13(19)6-4-11(14)2/h4-7,9-10,17H,3,8,20H2,1-2H3. The minimum Gasteiger partial charge on any atom is -0.492 e. The highest BCUT2D eigenvalue weighted by Crippen LogP contribution is 2.31. The first kappa shape index (κ1) is 16.3. The van der Waals surface area contributed by atoms with Gasteiger partial charge in [0.1, 0.15) is 5.75 Å². The molecular formula is C17H19BrClNO. The second-order valence-corrected chi connectivity index (χ2v) is 6.31. The number of ether oxygens (including phenoxy) is 1. The van der Waals surface area contributed by atoms with Gasteiger partial charge in [-0.15, -0.1) is 0 Å². The average Bonchev–Trinajstić information content (AvgIpc) is 2.47. The molecule has 2 aromatic rings. The first-order chi connectivity index (χ1) is 10.0. The Bertz CT molecular complexity index is 630. The number of nitrogens with two attached hydrogens (primary N) is 1. The molecule has 0 heterocycles. The van der Waals surface area contributed by atoms with Crippen LogP contribution in [0.25, 0.3) is 0 Å². The minimum atomic E-state index is -0.208. The normalized spacial score (nSPS) is 12.2. The molecule has 2 rings (SSSR count). The summed E-state index contributed by atoms with van der Waals surface area (Å²) in [5, 5.41) is 0.702. The van der Waals surface area contributed by atoms with E-state index in [9.17, 15) is 0 Å². The lowest BCUT2D eigenvalue weighted by Crippen LogP contribution is -2.13. The second kappa shape index (κ2) is 7.30. The van der Waals surface area contributed by atoms with Gasteiger partial charge < -0.3 is 10.5 Å². The highest BCUT2D eigenvalue weighted by molar-refractivity contribution is 9.10. The Hall–Kier alpha value is -1.03. The van der Waals surface area contributed by atoms with E-state index in [1.807, 2.05) is 43.3 Å². The molecule has 0 aliphatic carbocycles. The van der Waals surface area contributed by atoms with Gasteiger partial charge in [0.15, 0.2) is 0 Å². The summed E-state index contributed by atoms with van der Waals surface area (Å²) in [6, 6.07) is 11.6. The van der Waals surface area contributed by atoms with Crippen molar-refractivity contribution in [2.24, 2.45) is 5.73 Å². The van der Waals surface area contributed by atoms with Crippen molar-refractivity contribution in [1.29, 1.82) is 0 Å². The predicted molar refractivity (Wildman–Crippen MR) is 92.1 cm³/mol. The zero-order valence-corrected chi connectivity index (χ0v) is 14.5. The second-order valence-electron chi connectivity index (χ2n) is 5.02. The SMILES string of the molecule is CCCOc1ccc(C(N)c2cc(Cl)ccc2C)cc1Br. The van der Waals surface area contributed by atoms with Gasteiger partial charge in [0.25, 0.3) is 0 Å². The monoisotopic (exact) mass is 367 g/mol. The van der Waals surface area contributed by atoms with Gasteiger partial charge in [-0.05, 0) is 70.2 Å². The van der Waals surface area contributed by atoms with E-state index in [1.165, 1.54) is 0 Å². The largest absolute Gasteiger partial charge is 0.492 e. The molecule has 0 spiro atoms. The number of rotatable bonds is 5. The summed E-state index contributed by atoms with van der Waals surface area (Å²) in [5.74, 6) is 0.843. The molecule has 0 fully saturated rings. The average molecular weight is 369 g/mol. The van der Waals surface area contributed by atoms with E-state index >= 15 is 0 Å². The third kappa shape index (κ3) is 4.00. The molecule has 0 saturated carbocycles. The summed E-state index contributed by atoms with van der Waals surface area (Å²) >= 11 is 9.62. The summed E-state index contributed by atoms with van der Waals surface area (Å²) in [7, 11) is 0. The molecule has 2 N–H and O–H groups in total. The summed E-state index contributed by atoms with van der Waals surface area (Å²) in [5.41, 5.74) is 9.58. The van der Waals surface area contributed by atoms with Crippen LogP contribution in [0.3, 0.4) is 0 Å². The molecule has 0 saturated heterocycles. The Kier molecular flexibility index (Phi) is 5.68. The zero-order valence-electron chi connectivity index (χ0n) is 12.2. The first-order valence-corrected chi connectivity index (χ1v) is 8.14. The lowest BCUT2D eigenvalue weighted by Gasteiger charge is -2.17. The van der Waals surface area contributed by atoms with Crippen molar-refractivity contribution in [2.45, 2.75) is 26.3 Å². The predicted octanol–water partition coefficient (Wildman–Crippen LogP) is 5.25. The van der Waals surface area contributed by atoms with E-state index in [0.717, 1.165) is 33.3 Å². The van der Waals surface area contributed by atoms with E-state index in [4.69, 9.17) is 22.1 Å². The van der Waals surface area contributed by atoms with Crippen molar-refractivity contribution >= 4 is 27.5 Å². The summed E-state index contributed by atoms with van der Waals surface area (Å²) < 4.78 is 6.58. The third-order valence-corrected chi connectivity index (χ3v) is 4.21. The van der Waals surface area contributed by atoms with Crippen LogP contribution in [0, 0.1) is 6.92 Å². The van der Waals surface area contributed by atoms with E-state index < -0.39 is 0 Å². The molecule has 0 amide bonds. The maximum Gasteiger partial charge on any atom is 0.133 e. The van der Waals surface area contributed by atoms with Crippen molar-refractivity contribution in [1.82, 2.24) is 0 Å². The maximum absolute atomic E-state index is 6.38. The Morgan fingerprint density at radius 3 is 2.67 bits per heavy atom. The van der Waals surface area contributed by atoms with Gasteiger partial charge in [-0.3, -0.25) is 0 Å². The van der Waals surface area contributed by atoms with Gasteiger partial charge in [-0.25, -0.2) is 0 Å². The third-order valence-electron chi connectivity index (χ3n) is 3.35. The topological polar surface area (TPSA) is 35.2 Å². The van der Waals surface area contributed by atoms with Crippen LogP contribution in [0.15, 0.2) is 40.9 Å². The lowest BCUT2D eigenvalue weighted by molar-refractivity contribution is 0.315. The summed E-state index contributed by atoms with van der Waals surface area (Å²) in [6.45, 7) is 4.83. The van der Waals surface area contributed by atoms with Crippen molar-refractivity contribution < 1.29 is 4.74 Å². The van der Waals surface area contributed by atoms with Gasteiger partial charge in [0, 0.05) is 5.02 Å². The quantitative estimate of drug-likeness (QED) is 0.782.